The van der Waals surface area contributed by atoms with Crippen molar-refractivity contribution in [2.75, 3.05) is 0 Å². The van der Waals surface area contributed by atoms with Crippen LogP contribution in [0.5, 0.6) is 5.75 Å². The number of para-hydroxylation sites is 1. The summed E-state index contributed by atoms with van der Waals surface area (Å²) >= 11 is 0. The average molecular weight is 441 g/mol. The second-order valence-electron chi connectivity index (χ2n) is 8.91. The lowest BCUT2D eigenvalue weighted by molar-refractivity contribution is 0.0321. The molecule has 1 saturated carbocycles. The quantitative estimate of drug-likeness (QED) is 0.482. The first kappa shape index (κ1) is 19.8. The molecule has 2 aliphatic rings. The first-order chi connectivity index (χ1) is 16.1. The molecule has 8 nitrogen and oxygen atoms in total. The molecule has 2 bridgehead atoms. The summed E-state index contributed by atoms with van der Waals surface area (Å²) in [6.45, 7) is 4.01. The van der Waals surface area contributed by atoms with Gasteiger partial charge >= 0.3 is 0 Å². The van der Waals surface area contributed by atoms with Crippen molar-refractivity contribution in [1.29, 1.82) is 0 Å². The third kappa shape index (κ3) is 3.33. The van der Waals surface area contributed by atoms with Crippen LogP contribution in [0.3, 0.4) is 0 Å². The fourth-order valence-electron chi connectivity index (χ4n) is 5.31. The van der Waals surface area contributed by atoms with E-state index < -0.39 is 0 Å². The lowest BCUT2D eigenvalue weighted by Crippen LogP contribution is -2.51. The number of hydrogen-bond acceptors (Lipinski definition) is 6. The number of benzene rings is 1. The first-order valence-electron chi connectivity index (χ1n) is 11.3. The number of nitrogens with zero attached hydrogens (tertiary/aromatic N) is 6. The van der Waals surface area contributed by atoms with E-state index in [1.165, 1.54) is 4.80 Å². The van der Waals surface area contributed by atoms with Gasteiger partial charge in [0, 0.05) is 17.1 Å². The number of carbonyl (C=O) groups excluding carboxylic acids is 1. The molecule has 1 unspecified atom stereocenters. The molecule has 166 valence electrons. The zero-order valence-corrected chi connectivity index (χ0v) is 18.5. The van der Waals surface area contributed by atoms with Crippen molar-refractivity contribution in [2.24, 2.45) is 5.92 Å². The van der Waals surface area contributed by atoms with Gasteiger partial charge < -0.3 is 9.64 Å². The summed E-state index contributed by atoms with van der Waals surface area (Å²) in [5.74, 6) is 1.03. The summed E-state index contributed by atoms with van der Waals surface area (Å²) < 4.78 is 6.40. The van der Waals surface area contributed by atoms with Crippen molar-refractivity contribution in [3.05, 3.63) is 72.4 Å². The predicted octanol–water partition coefficient (Wildman–Crippen LogP) is 3.59. The predicted molar refractivity (Wildman–Crippen MR) is 122 cm³/mol. The molecule has 4 atom stereocenters. The number of pyridine rings is 2. The van der Waals surface area contributed by atoms with Crippen LogP contribution in [0.1, 0.15) is 35.9 Å². The van der Waals surface area contributed by atoms with E-state index in [2.05, 4.69) is 27.1 Å². The molecule has 33 heavy (non-hydrogen) atoms. The van der Waals surface area contributed by atoms with Crippen molar-refractivity contribution >= 4 is 16.8 Å². The molecule has 0 radical (unpaired) electrons. The van der Waals surface area contributed by atoms with E-state index >= 15 is 0 Å². The summed E-state index contributed by atoms with van der Waals surface area (Å²) in [4.78, 5) is 26.3. The molecule has 8 heteroatoms. The zero-order chi connectivity index (χ0) is 22.5. The van der Waals surface area contributed by atoms with E-state index in [1.54, 1.807) is 18.6 Å². The lowest BCUT2D eigenvalue weighted by atomic mass is 9.98. The average Bonchev–Trinajstić information content (AvgIpc) is 3.56. The highest BCUT2D eigenvalue weighted by Crippen LogP contribution is 2.44. The Labute approximate surface area is 191 Å². The first-order valence-corrected chi connectivity index (χ1v) is 11.3. The Balaban J connectivity index is 1.30. The topological polar surface area (TPSA) is 86.0 Å². The Morgan fingerprint density at radius 3 is 2.73 bits per heavy atom. The molecule has 2 fully saturated rings. The molecule has 4 heterocycles. The van der Waals surface area contributed by atoms with Gasteiger partial charge in [0.15, 0.2) is 5.69 Å². The number of rotatable bonds is 4. The minimum atomic E-state index is -0.101. The van der Waals surface area contributed by atoms with Crippen molar-refractivity contribution in [2.45, 2.75) is 44.9 Å². The minimum absolute atomic E-state index is 0.00952. The SMILES string of the molecule is Cc1ccc(-n2nccn2)c(C(=O)N2C3C[C@H](C[C@H]3Oc3cnc4ccccc4c3)[C@H]2C)n1. The second-order valence-corrected chi connectivity index (χ2v) is 8.91. The van der Waals surface area contributed by atoms with Gasteiger partial charge in [-0.2, -0.15) is 10.2 Å². The Morgan fingerprint density at radius 2 is 1.91 bits per heavy atom. The lowest BCUT2D eigenvalue weighted by Gasteiger charge is -2.37. The maximum Gasteiger partial charge on any atom is 0.275 e. The van der Waals surface area contributed by atoms with Crippen LogP contribution in [-0.4, -0.2) is 54.0 Å². The number of amides is 1. The van der Waals surface area contributed by atoms with Crippen molar-refractivity contribution < 1.29 is 9.53 Å². The van der Waals surface area contributed by atoms with Gasteiger partial charge in [0.05, 0.1) is 30.1 Å². The second kappa shape index (κ2) is 7.65. The fraction of sp³-hybridized carbons (Fsp3) is 0.320. The van der Waals surface area contributed by atoms with Gasteiger partial charge in [-0.25, -0.2) is 4.98 Å². The summed E-state index contributed by atoms with van der Waals surface area (Å²) in [5, 5.41) is 9.46. The molecule has 3 aromatic heterocycles. The van der Waals surface area contributed by atoms with Crippen LogP contribution in [0.2, 0.25) is 0 Å². The van der Waals surface area contributed by atoms with Crippen molar-refractivity contribution in [3.8, 4) is 11.4 Å². The van der Waals surface area contributed by atoms with E-state index in [9.17, 15) is 4.79 Å². The van der Waals surface area contributed by atoms with Gasteiger partial charge in [-0.15, -0.1) is 4.80 Å². The van der Waals surface area contributed by atoms with Crippen molar-refractivity contribution in [1.82, 2.24) is 29.9 Å². The van der Waals surface area contributed by atoms with Gasteiger partial charge in [0.2, 0.25) is 0 Å². The van der Waals surface area contributed by atoms with Gasteiger partial charge in [0.1, 0.15) is 17.5 Å². The van der Waals surface area contributed by atoms with E-state index in [1.807, 2.05) is 54.3 Å². The number of likely N-dealkylation sites (tertiary alicyclic amines) is 1. The van der Waals surface area contributed by atoms with Crippen LogP contribution in [0.4, 0.5) is 0 Å². The molecular formula is C25H24N6O2. The van der Waals surface area contributed by atoms with E-state index in [4.69, 9.17) is 4.74 Å². The molecule has 0 N–H and O–H groups in total. The van der Waals surface area contributed by atoms with Crippen LogP contribution in [0.15, 0.2) is 61.1 Å². The van der Waals surface area contributed by atoms with Crippen LogP contribution in [-0.2, 0) is 0 Å². The van der Waals surface area contributed by atoms with E-state index in [0.717, 1.165) is 35.2 Å². The molecule has 4 aromatic rings. The molecule has 1 amide bonds. The number of hydrogen-bond donors (Lipinski definition) is 0. The maximum atomic E-state index is 13.8. The molecule has 1 aromatic carbocycles. The van der Waals surface area contributed by atoms with Crippen LogP contribution < -0.4 is 4.74 Å². The smallest absolute Gasteiger partial charge is 0.275 e. The number of piperidine rings is 1. The van der Waals surface area contributed by atoms with Gasteiger partial charge in [0.25, 0.3) is 5.91 Å². The minimum Gasteiger partial charge on any atom is -0.487 e. The monoisotopic (exact) mass is 440 g/mol. The van der Waals surface area contributed by atoms with Crippen molar-refractivity contribution in [3.63, 3.8) is 0 Å². The highest BCUT2D eigenvalue weighted by atomic mass is 16.5. The molecule has 1 aliphatic heterocycles. The normalized spacial score (nSPS) is 23.9. The number of fused-ring (bicyclic) bond motifs is 3. The number of aryl methyl sites for hydroxylation is 1. The Hall–Kier alpha value is -3.81. The third-order valence-electron chi connectivity index (χ3n) is 6.92. The van der Waals surface area contributed by atoms with Crippen LogP contribution in [0.25, 0.3) is 16.6 Å². The molecule has 1 aliphatic carbocycles. The van der Waals surface area contributed by atoms with Gasteiger partial charge in [-0.3, -0.25) is 9.78 Å². The Morgan fingerprint density at radius 1 is 1.09 bits per heavy atom. The summed E-state index contributed by atoms with van der Waals surface area (Å²) in [5.41, 5.74) is 2.67. The Kier molecular flexibility index (Phi) is 4.60. The third-order valence-corrected chi connectivity index (χ3v) is 6.92. The summed E-state index contributed by atoms with van der Waals surface area (Å²) in [6.07, 6.45) is 6.74. The van der Waals surface area contributed by atoms with Gasteiger partial charge in [-0.05, 0) is 56.9 Å². The number of aromatic nitrogens is 5. The molecule has 1 saturated heterocycles. The molecule has 0 spiro atoms. The van der Waals surface area contributed by atoms with E-state index in [0.29, 0.717) is 17.3 Å². The maximum absolute atomic E-state index is 13.8. The number of ether oxygens (including phenoxy) is 1. The van der Waals surface area contributed by atoms with E-state index in [-0.39, 0.29) is 24.1 Å². The summed E-state index contributed by atoms with van der Waals surface area (Å²) in [6, 6.07) is 13.8. The highest BCUT2D eigenvalue weighted by Gasteiger charge is 2.53. The highest BCUT2D eigenvalue weighted by molar-refractivity contribution is 5.96. The number of carbonyl (C=O) groups is 1. The zero-order valence-electron chi connectivity index (χ0n) is 18.5. The summed E-state index contributed by atoms with van der Waals surface area (Å²) in [7, 11) is 0. The van der Waals surface area contributed by atoms with Crippen LogP contribution >= 0.6 is 0 Å². The largest absolute Gasteiger partial charge is 0.487 e. The Bertz CT molecular complexity index is 1340. The fourth-order valence-corrected chi connectivity index (χ4v) is 5.31. The van der Waals surface area contributed by atoms with Crippen LogP contribution in [0, 0.1) is 12.8 Å². The molecule has 6 rings (SSSR count). The van der Waals surface area contributed by atoms with Gasteiger partial charge in [-0.1, -0.05) is 18.2 Å². The molecular weight excluding hydrogens is 416 g/mol. The standard InChI is InChI=1S/C25H24N6O2/c1-15-7-8-21(31-27-9-10-28-31)24(29-15)25(32)30-16(2)18-12-22(30)23(13-18)33-19-11-17-5-3-4-6-20(17)26-14-19/h3-11,14,16,18,22-23H,12-13H2,1-2H3/t16-,18-,22?,23-/m1/s1.